The molecule has 1 fully saturated rings. The standard InChI is InChI=1S/C13H17NO4S/c1-9-2-7-12(9)14-19(17,18)11-5-3-10(4-6-11)8-13(15)16/h3-6,9,12,14H,2,7-8H2,1H3,(H,15,16)/t9-,12?/m0/s1. The zero-order valence-corrected chi connectivity index (χ0v) is 11.5. The summed E-state index contributed by atoms with van der Waals surface area (Å²) in [5, 5.41) is 8.65. The van der Waals surface area contributed by atoms with E-state index in [1.54, 1.807) is 0 Å². The van der Waals surface area contributed by atoms with Crippen molar-refractivity contribution in [3.63, 3.8) is 0 Å². The summed E-state index contributed by atoms with van der Waals surface area (Å²) in [7, 11) is -3.50. The van der Waals surface area contributed by atoms with E-state index in [-0.39, 0.29) is 17.4 Å². The highest BCUT2D eigenvalue weighted by molar-refractivity contribution is 7.89. The molecule has 1 saturated carbocycles. The van der Waals surface area contributed by atoms with Crippen LogP contribution in [0.5, 0.6) is 0 Å². The Balaban J connectivity index is 2.10. The van der Waals surface area contributed by atoms with E-state index in [1.165, 1.54) is 24.3 Å². The second-order valence-electron chi connectivity index (χ2n) is 5.00. The Kier molecular flexibility index (Phi) is 3.91. The van der Waals surface area contributed by atoms with Gasteiger partial charge in [0.25, 0.3) is 0 Å². The summed E-state index contributed by atoms with van der Waals surface area (Å²) in [5.74, 6) is -0.557. The summed E-state index contributed by atoms with van der Waals surface area (Å²) in [6.45, 7) is 2.02. The van der Waals surface area contributed by atoms with Gasteiger partial charge in [0.2, 0.25) is 10.0 Å². The molecule has 0 bridgehead atoms. The summed E-state index contributed by atoms with van der Waals surface area (Å²) < 4.78 is 26.8. The molecule has 1 aromatic carbocycles. The van der Waals surface area contributed by atoms with Crippen LogP contribution in [0.15, 0.2) is 29.2 Å². The molecule has 1 aromatic rings. The third kappa shape index (κ3) is 3.33. The van der Waals surface area contributed by atoms with E-state index >= 15 is 0 Å². The number of hydrogen-bond donors (Lipinski definition) is 2. The van der Waals surface area contributed by atoms with Gasteiger partial charge in [-0.25, -0.2) is 13.1 Å². The molecule has 104 valence electrons. The fourth-order valence-electron chi connectivity index (χ4n) is 2.07. The van der Waals surface area contributed by atoms with Gasteiger partial charge in [0.15, 0.2) is 0 Å². The minimum absolute atomic E-state index is 0.0173. The molecule has 0 aromatic heterocycles. The van der Waals surface area contributed by atoms with E-state index < -0.39 is 16.0 Å². The average Bonchev–Trinajstić information content (AvgIpc) is 2.34. The summed E-state index contributed by atoms with van der Waals surface area (Å²) in [4.78, 5) is 10.7. The third-order valence-corrected chi connectivity index (χ3v) is 5.02. The van der Waals surface area contributed by atoms with Gasteiger partial charge in [0, 0.05) is 6.04 Å². The van der Waals surface area contributed by atoms with Crippen LogP contribution in [0.25, 0.3) is 0 Å². The Labute approximate surface area is 112 Å². The number of carboxylic acids is 1. The summed E-state index contributed by atoms with van der Waals surface area (Å²) in [6.07, 6.45) is 1.82. The zero-order chi connectivity index (χ0) is 14.0. The number of sulfonamides is 1. The molecule has 2 atom stereocenters. The first kappa shape index (κ1) is 14.0. The summed E-state index contributed by atoms with van der Waals surface area (Å²) >= 11 is 0. The van der Waals surface area contributed by atoms with Gasteiger partial charge in [0.1, 0.15) is 0 Å². The van der Waals surface area contributed by atoms with Crippen LogP contribution in [0, 0.1) is 5.92 Å². The molecule has 0 amide bonds. The SMILES string of the molecule is C[C@H]1CCC1NS(=O)(=O)c1ccc(CC(=O)O)cc1. The zero-order valence-electron chi connectivity index (χ0n) is 10.7. The van der Waals surface area contributed by atoms with Crippen molar-refractivity contribution in [2.24, 2.45) is 5.92 Å². The van der Waals surface area contributed by atoms with Crippen molar-refractivity contribution in [3.8, 4) is 0 Å². The minimum atomic E-state index is -3.50. The van der Waals surface area contributed by atoms with Crippen LogP contribution in [0.4, 0.5) is 0 Å². The van der Waals surface area contributed by atoms with Crippen LogP contribution in [0.2, 0.25) is 0 Å². The highest BCUT2D eigenvalue weighted by atomic mass is 32.2. The summed E-state index contributed by atoms with van der Waals surface area (Å²) in [6, 6.07) is 5.98. The van der Waals surface area contributed by atoms with Gasteiger partial charge < -0.3 is 5.11 Å². The first-order chi connectivity index (χ1) is 8.88. The molecular weight excluding hydrogens is 266 g/mol. The molecule has 2 rings (SSSR count). The van der Waals surface area contributed by atoms with Crippen LogP contribution in [-0.2, 0) is 21.2 Å². The number of rotatable bonds is 5. The van der Waals surface area contributed by atoms with Gasteiger partial charge in [0.05, 0.1) is 11.3 Å². The minimum Gasteiger partial charge on any atom is -0.481 e. The molecule has 2 N–H and O–H groups in total. The van der Waals surface area contributed by atoms with Crippen molar-refractivity contribution in [3.05, 3.63) is 29.8 Å². The van der Waals surface area contributed by atoms with Crippen molar-refractivity contribution in [2.45, 2.75) is 37.1 Å². The van der Waals surface area contributed by atoms with Crippen LogP contribution in [0.3, 0.4) is 0 Å². The summed E-state index contributed by atoms with van der Waals surface area (Å²) in [5.41, 5.74) is 0.587. The number of benzene rings is 1. The highest BCUT2D eigenvalue weighted by Gasteiger charge is 2.31. The molecule has 1 unspecified atom stereocenters. The van der Waals surface area contributed by atoms with Gasteiger partial charge in [-0.05, 0) is 36.5 Å². The smallest absolute Gasteiger partial charge is 0.307 e. The molecule has 1 aliphatic carbocycles. The van der Waals surface area contributed by atoms with Gasteiger partial charge >= 0.3 is 5.97 Å². The molecule has 5 nitrogen and oxygen atoms in total. The maximum Gasteiger partial charge on any atom is 0.307 e. The van der Waals surface area contributed by atoms with Crippen LogP contribution in [0.1, 0.15) is 25.3 Å². The van der Waals surface area contributed by atoms with E-state index in [0.717, 1.165) is 12.8 Å². The van der Waals surface area contributed by atoms with Crippen molar-refractivity contribution in [1.29, 1.82) is 0 Å². The number of carboxylic acid groups (broad SMARTS) is 1. The Bertz CT molecular complexity index is 565. The van der Waals surface area contributed by atoms with Crippen LogP contribution < -0.4 is 4.72 Å². The van der Waals surface area contributed by atoms with Crippen molar-refractivity contribution in [1.82, 2.24) is 4.72 Å². The fraction of sp³-hybridized carbons (Fsp3) is 0.462. The molecule has 0 spiro atoms. The maximum atomic E-state index is 12.1. The average molecular weight is 283 g/mol. The van der Waals surface area contributed by atoms with E-state index in [9.17, 15) is 13.2 Å². The largest absolute Gasteiger partial charge is 0.481 e. The molecule has 0 saturated heterocycles. The molecule has 1 aliphatic rings. The fourth-order valence-corrected chi connectivity index (χ4v) is 3.45. The van der Waals surface area contributed by atoms with Gasteiger partial charge in [-0.3, -0.25) is 4.79 Å². The second kappa shape index (κ2) is 5.30. The lowest BCUT2D eigenvalue weighted by molar-refractivity contribution is -0.136. The van der Waals surface area contributed by atoms with Gasteiger partial charge in [-0.2, -0.15) is 0 Å². The Morgan fingerprint density at radius 1 is 1.32 bits per heavy atom. The monoisotopic (exact) mass is 283 g/mol. The lowest BCUT2D eigenvalue weighted by Gasteiger charge is -2.34. The predicted octanol–water partition coefficient (Wildman–Crippen LogP) is 1.39. The van der Waals surface area contributed by atoms with E-state index in [2.05, 4.69) is 4.72 Å². The van der Waals surface area contributed by atoms with Crippen molar-refractivity contribution < 1.29 is 18.3 Å². The van der Waals surface area contributed by atoms with Crippen molar-refractivity contribution in [2.75, 3.05) is 0 Å². The predicted molar refractivity (Wildman–Crippen MR) is 70.3 cm³/mol. The Hall–Kier alpha value is -1.40. The van der Waals surface area contributed by atoms with Gasteiger partial charge in [-0.15, -0.1) is 0 Å². The Morgan fingerprint density at radius 3 is 2.37 bits per heavy atom. The van der Waals surface area contributed by atoms with Gasteiger partial charge in [-0.1, -0.05) is 19.1 Å². The molecular formula is C13H17NO4S. The van der Waals surface area contributed by atoms with E-state index in [4.69, 9.17) is 5.11 Å². The molecule has 6 heteroatoms. The first-order valence-corrected chi connectivity index (χ1v) is 7.70. The lowest BCUT2D eigenvalue weighted by atomic mass is 9.82. The Morgan fingerprint density at radius 2 is 1.95 bits per heavy atom. The highest BCUT2D eigenvalue weighted by Crippen LogP contribution is 2.28. The molecule has 0 aliphatic heterocycles. The topological polar surface area (TPSA) is 83.5 Å². The number of aliphatic carboxylic acids is 1. The first-order valence-electron chi connectivity index (χ1n) is 6.21. The quantitative estimate of drug-likeness (QED) is 0.855. The third-order valence-electron chi connectivity index (χ3n) is 3.52. The normalized spacial score (nSPS) is 22.8. The van der Waals surface area contributed by atoms with E-state index in [0.29, 0.717) is 11.5 Å². The van der Waals surface area contributed by atoms with Crippen LogP contribution in [-0.4, -0.2) is 25.5 Å². The van der Waals surface area contributed by atoms with Crippen molar-refractivity contribution >= 4 is 16.0 Å². The maximum absolute atomic E-state index is 12.1. The molecule has 0 radical (unpaired) electrons. The van der Waals surface area contributed by atoms with Crippen LogP contribution >= 0.6 is 0 Å². The molecule has 19 heavy (non-hydrogen) atoms. The lowest BCUT2D eigenvalue weighted by Crippen LogP contribution is -2.45. The second-order valence-corrected chi connectivity index (χ2v) is 6.71. The van der Waals surface area contributed by atoms with E-state index in [1.807, 2.05) is 6.92 Å². The number of hydrogen-bond acceptors (Lipinski definition) is 3. The molecule has 0 heterocycles. The number of carbonyl (C=O) groups is 1. The number of nitrogens with one attached hydrogen (secondary N) is 1.